The van der Waals surface area contributed by atoms with Crippen LogP contribution in [0, 0.1) is 17.5 Å². The van der Waals surface area contributed by atoms with Crippen LogP contribution < -0.4 is 5.32 Å². The van der Waals surface area contributed by atoms with Crippen molar-refractivity contribution >= 4 is 5.91 Å². The molecule has 2 rings (SSSR count). The number of nitrogens with zero attached hydrogens (tertiary/aromatic N) is 2. The van der Waals surface area contributed by atoms with Crippen molar-refractivity contribution in [3.8, 4) is 0 Å². The number of halogens is 3. The molecule has 1 N–H and O–H groups in total. The van der Waals surface area contributed by atoms with Gasteiger partial charge < -0.3 is 5.32 Å². The molecule has 0 unspecified atom stereocenters. The van der Waals surface area contributed by atoms with E-state index in [4.69, 9.17) is 0 Å². The van der Waals surface area contributed by atoms with Crippen LogP contribution in [-0.2, 0) is 6.54 Å². The molecule has 0 fully saturated rings. The zero-order valence-corrected chi connectivity index (χ0v) is 9.74. The number of hydrogen-bond acceptors (Lipinski definition) is 2. The Hall–Kier alpha value is -2.31. The first-order chi connectivity index (χ1) is 9.09. The number of carbonyl (C=O) groups is 1. The molecule has 100 valence electrons. The average molecular weight is 269 g/mol. The average Bonchev–Trinajstić information content (AvgIpc) is 2.89. The van der Waals surface area contributed by atoms with Gasteiger partial charge in [-0.15, -0.1) is 0 Å². The number of benzene rings is 1. The molecule has 0 saturated carbocycles. The van der Waals surface area contributed by atoms with Gasteiger partial charge in [-0.25, -0.2) is 13.2 Å². The van der Waals surface area contributed by atoms with Crippen LogP contribution in [0.1, 0.15) is 10.4 Å². The van der Waals surface area contributed by atoms with Crippen molar-refractivity contribution < 1.29 is 18.0 Å². The Morgan fingerprint density at radius 1 is 1.26 bits per heavy atom. The highest BCUT2D eigenvalue weighted by Gasteiger charge is 2.18. The molecule has 0 spiro atoms. The quantitative estimate of drug-likeness (QED) is 0.859. The Kier molecular flexibility index (Phi) is 3.84. The maximum atomic E-state index is 13.3. The Balaban J connectivity index is 1.98. The minimum Gasteiger partial charge on any atom is -0.350 e. The summed E-state index contributed by atoms with van der Waals surface area (Å²) in [5.41, 5.74) is -0.528. The van der Waals surface area contributed by atoms with Crippen LogP contribution in [0.4, 0.5) is 13.2 Å². The third-order valence-corrected chi connectivity index (χ3v) is 2.47. The predicted molar refractivity (Wildman–Crippen MR) is 60.9 cm³/mol. The number of hydrogen-bond donors (Lipinski definition) is 1. The van der Waals surface area contributed by atoms with Gasteiger partial charge in [-0.2, -0.15) is 5.10 Å². The first-order valence-electron chi connectivity index (χ1n) is 5.48. The Morgan fingerprint density at radius 3 is 2.74 bits per heavy atom. The molecular weight excluding hydrogens is 259 g/mol. The molecule has 2 aromatic rings. The second-order valence-corrected chi connectivity index (χ2v) is 3.75. The van der Waals surface area contributed by atoms with Gasteiger partial charge in [0.2, 0.25) is 0 Å². The predicted octanol–water partition coefficient (Wildman–Crippen LogP) is 1.73. The molecule has 0 aliphatic rings. The van der Waals surface area contributed by atoms with E-state index in [2.05, 4.69) is 10.4 Å². The minimum atomic E-state index is -1.65. The van der Waals surface area contributed by atoms with Crippen molar-refractivity contribution in [3.05, 3.63) is 53.6 Å². The molecule has 7 heteroatoms. The summed E-state index contributed by atoms with van der Waals surface area (Å²) >= 11 is 0. The summed E-state index contributed by atoms with van der Waals surface area (Å²) in [6, 6.07) is 3.33. The largest absolute Gasteiger partial charge is 0.350 e. The third-order valence-electron chi connectivity index (χ3n) is 2.47. The van der Waals surface area contributed by atoms with Gasteiger partial charge in [0.25, 0.3) is 5.91 Å². The van der Waals surface area contributed by atoms with Crippen LogP contribution in [0.15, 0.2) is 30.6 Å². The molecular formula is C12H10F3N3O. The molecule has 4 nitrogen and oxygen atoms in total. The molecule has 1 heterocycles. The molecule has 0 bridgehead atoms. The summed E-state index contributed by atoms with van der Waals surface area (Å²) in [6.07, 6.45) is 3.28. The van der Waals surface area contributed by atoms with E-state index in [-0.39, 0.29) is 6.54 Å². The maximum Gasteiger partial charge on any atom is 0.254 e. The SMILES string of the molecule is O=C(NCCn1cccn1)c1ccc(F)c(F)c1F. The fourth-order valence-electron chi connectivity index (χ4n) is 1.51. The van der Waals surface area contributed by atoms with Crippen LogP contribution in [0.3, 0.4) is 0 Å². The second-order valence-electron chi connectivity index (χ2n) is 3.75. The zero-order valence-electron chi connectivity index (χ0n) is 9.74. The molecule has 0 atom stereocenters. The normalized spacial score (nSPS) is 10.5. The summed E-state index contributed by atoms with van der Waals surface area (Å²) < 4.78 is 40.5. The highest BCUT2D eigenvalue weighted by atomic mass is 19.2. The minimum absolute atomic E-state index is 0.193. The van der Waals surface area contributed by atoms with Gasteiger partial charge in [-0.05, 0) is 18.2 Å². The highest BCUT2D eigenvalue weighted by molar-refractivity contribution is 5.94. The zero-order chi connectivity index (χ0) is 13.8. The van der Waals surface area contributed by atoms with E-state index in [0.717, 1.165) is 6.07 Å². The van der Waals surface area contributed by atoms with Crippen LogP contribution >= 0.6 is 0 Å². The van der Waals surface area contributed by atoms with Gasteiger partial charge in [0.05, 0.1) is 12.1 Å². The third kappa shape index (κ3) is 2.93. The molecule has 0 aliphatic carbocycles. The summed E-state index contributed by atoms with van der Waals surface area (Å²) in [6.45, 7) is 0.586. The van der Waals surface area contributed by atoms with Crippen LogP contribution in [0.2, 0.25) is 0 Å². The number of rotatable bonds is 4. The topological polar surface area (TPSA) is 46.9 Å². The van der Waals surface area contributed by atoms with E-state index < -0.39 is 28.9 Å². The van der Waals surface area contributed by atoms with E-state index in [1.54, 1.807) is 23.1 Å². The maximum absolute atomic E-state index is 13.3. The lowest BCUT2D eigenvalue weighted by molar-refractivity contribution is 0.0946. The lowest BCUT2D eigenvalue weighted by atomic mass is 10.2. The van der Waals surface area contributed by atoms with Gasteiger partial charge in [0.15, 0.2) is 17.5 Å². The summed E-state index contributed by atoms with van der Waals surface area (Å²) in [5, 5.41) is 6.31. The van der Waals surface area contributed by atoms with Crippen molar-refractivity contribution in [1.82, 2.24) is 15.1 Å². The van der Waals surface area contributed by atoms with E-state index in [1.807, 2.05) is 0 Å². The Labute approximate surface area is 106 Å². The number of nitrogens with one attached hydrogen (secondary N) is 1. The first-order valence-corrected chi connectivity index (χ1v) is 5.48. The van der Waals surface area contributed by atoms with Crippen molar-refractivity contribution in [1.29, 1.82) is 0 Å². The highest BCUT2D eigenvalue weighted by Crippen LogP contribution is 2.14. The summed E-state index contributed by atoms with van der Waals surface area (Å²) in [4.78, 5) is 11.6. The van der Waals surface area contributed by atoms with Gasteiger partial charge in [-0.3, -0.25) is 9.48 Å². The number of carbonyl (C=O) groups excluding carboxylic acids is 1. The van der Waals surface area contributed by atoms with E-state index in [9.17, 15) is 18.0 Å². The Morgan fingerprint density at radius 2 is 2.05 bits per heavy atom. The van der Waals surface area contributed by atoms with Gasteiger partial charge in [-0.1, -0.05) is 0 Å². The van der Waals surface area contributed by atoms with Gasteiger partial charge in [0, 0.05) is 18.9 Å². The van der Waals surface area contributed by atoms with Crippen molar-refractivity contribution in [2.75, 3.05) is 6.54 Å². The standard InChI is InChI=1S/C12H10F3N3O/c13-9-3-2-8(10(14)11(9)15)12(19)16-5-7-18-6-1-4-17-18/h1-4,6H,5,7H2,(H,16,19). The van der Waals surface area contributed by atoms with Crippen molar-refractivity contribution in [3.63, 3.8) is 0 Å². The van der Waals surface area contributed by atoms with Crippen molar-refractivity contribution in [2.24, 2.45) is 0 Å². The molecule has 1 amide bonds. The number of amides is 1. The van der Waals surface area contributed by atoms with Crippen LogP contribution in [-0.4, -0.2) is 22.2 Å². The van der Waals surface area contributed by atoms with E-state index in [1.165, 1.54) is 0 Å². The smallest absolute Gasteiger partial charge is 0.254 e. The molecule has 0 saturated heterocycles. The summed E-state index contributed by atoms with van der Waals surface area (Å²) in [7, 11) is 0. The molecule has 19 heavy (non-hydrogen) atoms. The van der Waals surface area contributed by atoms with E-state index >= 15 is 0 Å². The van der Waals surface area contributed by atoms with Crippen LogP contribution in [0.25, 0.3) is 0 Å². The lowest BCUT2D eigenvalue weighted by Crippen LogP contribution is -2.28. The van der Waals surface area contributed by atoms with Gasteiger partial charge >= 0.3 is 0 Å². The fourth-order valence-corrected chi connectivity index (χ4v) is 1.51. The lowest BCUT2D eigenvalue weighted by Gasteiger charge is -2.07. The van der Waals surface area contributed by atoms with Crippen molar-refractivity contribution in [2.45, 2.75) is 6.54 Å². The van der Waals surface area contributed by atoms with Crippen LogP contribution in [0.5, 0.6) is 0 Å². The molecule has 1 aromatic heterocycles. The first kappa shape index (κ1) is 13.1. The van der Waals surface area contributed by atoms with Gasteiger partial charge in [0.1, 0.15) is 0 Å². The van der Waals surface area contributed by atoms with E-state index in [0.29, 0.717) is 12.6 Å². The fraction of sp³-hybridized carbons (Fsp3) is 0.167. The second kappa shape index (κ2) is 5.55. The molecule has 0 aliphatic heterocycles. The molecule has 1 aromatic carbocycles. The Bertz CT molecular complexity index is 584. The monoisotopic (exact) mass is 269 g/mol. The number of aromatic nitrogens is 2. The summed E-state index contributed by atoms with van der Waals surface area (Å²) in [5.74, 6) is -5.27. The molecule has 0 radical (unpaired) electrons.